The molecule has 2 N–H and O–H groups in total. The number of anilines is 1. The van der Waals surface area contributed by atoms with E-state index in [0.29, 0.717) is 36.4 Å². The molecule has 0 saturated carbocycles. The van der Waals surface area contributed by atoms with Crippen molar-refractivity contribution in [2.24, 2.45) is 0 Å². The van der Waals surface area contributed by atoms with Gasteiger partial charge in [-0.3, -0.25) is 4.79 Å². The molecular weight excluding hydrogens is 333 g/mol. The molecule has 0 bridgehead atoms. The normalized spacial score (nSPS) is 16.4. The summed E-state index contributed by atoms with van der Waals surface area (Å²) in [4.78, 5) is 25.9. The second kappa shape index (κ2) is 7.99. The first-order chi connectivity index (χ1) is 12.6. The Balaban J connectivity index is 1.59. The van der Waals surface area contributed by atoms with E-state index in [2.05, 4.69) is 10.6 Å². The minimum atomic E-state index is -0.222. The fourth-order valence-corrected chi connectivity index (χ4v) is 3.17. The van der Waals surface area contributed by atoms with E-state index in [4.69, 9.17) is 0 Å². The van der Waals surface area contributed by atoms with E-state index in [1.807, 2.05) is 13.0 Å². The highest BCUT2D eigenvalue weighted by atomic mass is 19.1. The van der Waals surface area contributed by atoms with Crippen LogP contribution in [0.1, 0.15) is 35.2 Å². The number of hydrogen-bond donors (Lipinski definition) is 2. The summed E-state index contributed by atoms with van der Waals surface area (Å²) >= 11 is 0. The largest absolute Gasteiger partial charge is 0.352 e. The molecule has 0 spiro atoms. The monoisotopic (exact) mass is 355 g/mol. The van der Waals surface area contributed by atoms with E-state index >= 15 is 0 Å². The molecule has 0 aliphatic carbocycles. The molecule has 1 aliphatic heterocycles. The Morgan fingerprint density at radius 3 is 2.58 bits per heavy atom. The average molecular weight is 355 g/mol. The molecule has 136 valence electrons. The molecule has 1 atom stereocenters. The molecule has 3 amide bonds. The van der Waals surface area contributed by atoms with Crippen LogP contribution in [-0.2, 0) is 0 Å². The lowest BCUT2D eigenvalue weighted by Gasteiger charge is -2.18. The number of benzene rings is 2. The minimum Gasteiger partial charge on any atom is -0.352 e. The van der Waals surface area contributed by atoms with Crippen LogP contribution >= 0.6 is 0 Å². The van der Waals surface area contributed by atoms with Crippen LogP contribution < -0.4 is 10.6 Å². The van der Waals surface area contributed by atoms with Gasteiger partial charge in [-0.1, -0.05) is 18.2 Å². The maximum Gasteiger partial charge on any atom is 0.321 e. The van der Waals surface area contributed by atoms with Crippen LogP contribution in [-0.4, -0.2) is 36.5 Å². The van der Waals surface area contributed by atoms with E-state index in [1.54, 1.807) is 41.3 Å². The number of likely N-dealkylation sites (tertiary alicyclic amines) is 1. The van der Waals surface area contributed by atoms with Crippen LogP contribution in [0.15, 0.2) is 48.5 Å². The minimum absolute atomic E-state index is 0.0158. The Bertz CT molecular complexity index is 792. The standard InChI is InChI=1S/C20H22FN3O2/c1-2-22-19(25)14-7-9-16(10-8-14)23-20(26)24-12-11-15(13-24)17-5-3-4-6-18(17)21/h3-10,15H,2,11-13H2,1H3,(H,22,25)(H,23,26). The van der Waals surface area contributed by atoms with Crippen molar-refractivity contribution in [3.63, 3.8) is 0 Å². The Kier molecular flexibility index (Phi) is 5.51. The van der Waals surface area contributed by atoms with E-state index in [-0.39, 0.29) is 23.7 Å². The Hall–Kier alpha value is -2.89. The lowest BCUT2D eigenvalue weighted by molar-refractivity contribution is 0.0956. The van der Waals surface area contributed by atoms with E-state index < -0.39 is 0 Å². The molecule has 1 saturated heterocycles. The van der Waals surface area contributed by atoms with Crippen LogP contribution in [0.5, 0.6) is 0 Å². The van der Waals surface area contributed by atoms with Crippen LogP contribution in [0.4, 0.5) is 14.9 Å². The zero-order valence-electron chi connectivity index (χ0n) is 14.7. The van der Waals surface area contributed by atoms with Gasteiger partial charge in [-0.15, -0.1) is 0 Å². The van der Waals surface area contributed by atoms with Gasteiger partial charge in [-0.2, -0.15) is 0 Å². The fourth-order valence-electron chi connectivity index (χ4n) is 3.17. The van der Waals surface area contributed by atoms with Crippen molar-refractivity contribution in [1.29, 1.82) is 0 Å². The van der Waals surface area contributed by atoms with Crippen molar-refractivity contribution in [3.05, 3.63) is 65.5 Å². The first-order valence-corrected chi connectivity index (χ1v) is 8.77. The van der Waals surface area contributed by atoms with Crippen molar-refractivity contribution in [1.82, 2.24) is 10.2 Å². The number of hydrogen-bond acceptors (Lipinski definition) is 2. The maximum atomic E-state index is 13.9. The summed E-state index contributed by atoms with van der Waals surface area (Å²) < 4.78 is 13.9. The van der Waals surface area contributed by atoms with E-state index in [9.17, 15) is 14.0 Å². The second-order valence-corrected chi connectivity index (χ2v) is 6.32. The van der Waals surface area contributed by atoms with E-state index in [1.165, 1.54) is 6.07 Å². The molecule has 5 nitrogen and oxygen atoms in total. The number of amides is 3. The molecule has 26 heavy (non-hydrogen) atoms. The first-order valence-electron chi connectivity index (χ1n) is 8.77. The topological polar surface area (TPSA) is 61.4 Å². The molecule has 0 aromatic heterocycles. The van der Waals surface area contributed by atoms with Gasteiger partial charge in [0.1, 0.15) is 5.82 Å². The smallest absolute Gasteiger partial charge is 0.321 e. The van der Waals surface area contributed by atoms with Gasteiger partial charge in [-0.25, -0.2) is 9.18 Å². The number of halogens is 1. The average Bonchev–Trinajstić information content (AvgIpc) is 3.13. The Morgan fingerprint density at radius 2 is 1.88 bits per heavy atom. The van der Waals surface area contributed by atoms with Gasteiger partial charge in [0.15, 0.2) is 0 Å². The zero-order chi connectivity index (χ0) is 18.5. The summed E-state index contributed by atoms with van der Waals surface area (Å²) in [5, 5.41) is 5.56. The Labute approximate surface area is 152 Å². The van der Waals surface area contributed by atoms with Crippen molar-refractivity contribution < 1.29 is 14.0 Å². The quantitative estimate of drug-likeness (QED) is 0.880. The van der Waals surface area contributed by atoms with Crippen LogP contribution in [0.25, 0.3) is 0 Å². The summed E-state index contributed by atoms with van der Waals surface area (Å²) in [6.07, 6.45) is 0.741. The fraction of sp³-hybridized carbons (Fsp3) is 0.300. The highest BCUT2D eigenvalue weighted by Crippen LogP contribution is 2.29. The van der Waals surface area contributed by atoms with Gasteiger partial charge in [-0.05, 0) is 49.2 Å². The van der Waals surface area contributed by atoms with Crippen molar-refractivity contribution in [2.75, 3.05) is 25.0 Å². The van der Waals surface area contributed by atoms with Gasteiger partial charge < -0.3 is 15.5 Å². The SMILES string of the molecule is CCNC(=O)c1ccc(NC(=O)N2CCC(c3ccccc3F)C2)cc1. The molecule has 1 heterocycles. The summed E-state index contributed by atoms with van der Waals surface area (Å²) in [5.74, 6) is -0.347. The second-order valence-electron chi connectivity index (χ2n) is 6.32. The highest BCUT2D eigenvalue weighted by molar-refractivity contribution is 5.95. The van der Waals surface area contributed by atoms with Crippen LogP contribution in [0.2, 0.25) is 0 Å². The van der Waals surface area contributed by atoms with Gasteiger partial charge in [0.25, 0.3) is 5.91 Å². The van der Waals surface area contributed by atoms with Crippen molar-refractivity contribution in [3.8, 4) is 0 Å². The van der Waals surface area contributed by atoms with Crippen molar-refractivity contribution in [2.45, 2.75) is 19.3 Å². The highest BCUT2D eigenvalue weighted by Gasteiger charge is 2.28. The third kappa shape index (κ3) is 4.02. The van der Waals surface area contributed by atoms with Crippen LogP contribution in [0.3, 0.4) is 0 Å². The number of nitrogens with one attached hydrogen (secondary N) is 2. The molecule has 1 unspecified atom stereocenters. The van der Waals surface area contributed by atoms with Gasteiger partial charge in [0, 0.05) is 36.8 Å². The summed E-state index contributed by atoms with van der Waals surface area (Å²) in [6, 6.07) is 13.3. The molecule has 2 aromatic rings. The van der Waals surface area contributed by atoms with E-state index in [0.717, 1.165) is 6.42 Å². The molecule has 2 aromatic carbocycles. The molecular formula is C20H22FN3O2. The molecule has 6 heteroatoms. The van der Waals surface area contributed by atoms with Gasteiger partial charge in [0.2, 0.25) is 0 Å². The first kappa shape index (κ1) is 17.9. The third-order valence-electron chi connectivity index (χ3n) is 4.56. The summed E-state index contributed by atoms with van der Waals surface area (Å²) in [6.45, 7) is 3.50. The van der Waals surface area contributed by atoms with Crippen molar-refractivity contribution >= 4 is 17.6 Å². The molecule has 1 aliphatic rings. The predicted octanol–water partition coefficient (Wildman–Crippen LogP) is 3.60. The number of nitrogens with zero attached hydrogens (tertiary/aromatic N) is 1. The molecule has 0 radical (unpaired) electrons. The lowest BCUT2D eigenvalue weighted by atomic mass is 9.98. The molecule has 3 rings (SSSR count). The maximum absolute atomic E-state index is 13.9. The predicted molar refractivity (Wildman–Crippen MR) is 98.8 cm³/mol. The number of urea groups is 1. The van der Waals surface area contributed by atoms with Crippen LogP contribution in [0, 0.1) is 5.82 Å². The molecule has 1 fully saturated rings. The summed E-state index contributed by atoms with van der Waals surface area (Å²) in [5.41, 5.74) is 1.83. The zero-order valence-corrected chi connectivity index (χ0v) is 14.7. The lowest BCUT2D eigenvalue weighted by Crippen LogP contribution is -2.32. The Morgan fingerprint density at radius 1 is 1.15 bits per heavy atom. The number of carbonyl (C=O) groups excluding carboxylic acids is 2. The summed E-state index contributed by atoms with van der Waals surface area (Å²) in [7, 11) is 0. The van der Waals surface area contributed by atoms with Gasteiger partial charge in [0.05, 0.1) is 0 Å². The van der Waals surface area contributed by atoms with Gasteiger partial charge >= 0.3 is 6.03 Å². The number of carbonyl (C=O) groups is 2. The number of rotatable bonds is 4. The third-order valence-corrected chi connectivity index (χ3v) is 4.56.